The fraction of sp³-hybridized carbons (Fsp3) is 0.786. The minimum atomic E-state index is -0.231. The molecular formula is C14H26N2O3. The summed E-state index contributed by atoms with van der Waals surface area (Å²) in [6.07, 6.45) is 2.62. The molecule has 0 aromatic rings. The Labute approximate surface area is 115 Å². The number of ether oxygens (including phenoxy) is 2. The van der Waals surface area contributed by atoms with E-state index in [1.165, 1.54) is 7.11 Å². The highest BCUT2D eigenvalue weighted by Crippen LogP contribution is 2.02. The van der Waals surface area contributed by atoms with Gasteiger partial charge in [0.05, 0.1) is 20.3 Å². The lowest BCUT2D eigenvalue weighted by atomic mass is 10.2. The van der Waals surface area contributed by atoms with Crippen LogP contribution in [-0.4, -0.2) is 63.4 Å². The van der Waals surface area contributed by atoms with Crippen molar-refractivity contribution in [3.8, 4) is 0 Å². The van der Waals surface area contributed by atoms with Crippen molar-refractivity contribution in [1.29, 1.82) is 0 Å². The molecule has 1 atom stereocenters. The Morgan fingerprint density at radius 1 is 1.47 bits per heavy atom. The van der Waals surface area contributed by atoms with Gasteiger partial charge in [-0.1, -0.05) is 13.0 Å². The largest absolute Gasteiger partial charge is 0.466 e. The Kier molecular flexibility index (Phi) is 7.70. The van der Waals surface area contributed by atoms with Crippen LogP contribution in [0.15, 0.2) is 11.6 Å². The maximum atomic E-state index is 11.4. The number of nitrogens with one attached hydrogen (secondary N) is 1. The van der Waals surface area contributed by atoms with E-state index in [0.717, 1.165) is 38.4 Å². The van der Waals surface area contributed by atoms with Crippen LogP contribution in [0.25, 0.3) is 0 Å². The first kappa shape index (κ1) is 16.1. The molecule has 0 spiro atoms. The highest BCUT2D eigenvalue weighted by atomic mass is 16.5. The predicted molar refractivity (Wildman–Crippen MR) is 75.1 cm³/mol. The lowest BCUT2D eigenvalue weighted by molar-refractivity contribution is -0.136. The topological polar surface area (TPSA) is 50.8 Å². The Balaban J connectivity index is 2.26. The Morgan fingerprint density at radius 2 is 2.16 bits per heavy atom. The molecule has 0 saturated carbocycles. The van der Waals surface area contributed by atoms with Crippen molar-refractivity contribution in [3.63, 3.8) is 0 Å². The van der Waals surface area contributed by atoms with Crippen LogP contribution in [0.5, 0.6) is 0 Å². The van der Waals surface area contributed by atoms with Crippen LogP contribution in [0.2, 0.25) is 0 Å². The van der Waals surface area contributed by atoms with Crippen molar-refractivity contribution < 1.29 is 14.3 Å². The van der Waals surface area contributed by atoms with E-state index in [-0.39, 0.29) is 5.97 Å². The number of nitrogens with zero attached hydrogens (tertiary/aromatic N) is 1. The lowest BCUT2D eigenvalue weighted by Crippen LogP contribution is -2.44. The molecule has 1 N–H and O–H groups in total. The van der Waals surface area contributed by atoms with Crippen molar-refractivity contribution in [1.82, 2.24) is 10.2 Å². The summed E-state index contributed by atoms with van der Waals surface area (Å²) in [6, 6.07) is 0.394. The van der Waals surface area contributed by atoms with Crippen molar-refractivity contribution in [2.24, 2.45) is 0 Å². The zero-order chi connectivity index (χ0) is 14.1. The molecule has 0 aliphatic carbocycles. The smallest absolute Gasteiger partial charge is 0.333 e. The summed E-state index contributed by atoms with van der Waals surface area (Å²) in [5, 5.41) is 3.41. The summed E-state index contributed by atoms with van der Waals surface area (Å²) in [6.45, 7) is 9.49. The minimum absolute atomic E-state index is 0.231. The molecule has 1 unspecified atom stereocenters. The third-order valence-electron chi connectivity index (χ3n) is 3.28. The third kappa shape index (κ3) is 6.18. The van der Waals surface area contributed by atoms with Gasteiger partial charge in [0.2, 0.25) is 0 Å². The first-order valence-corrected chi connectivity index (χ1v) is 6.98. The molecule has 5 heteroatoms. The first-order chi connectivity index (χ1) is 9.17. The maximum Gasteiger partial charge on any atom is 0.333 e. The average Bonchev–Trinajstić information content (AvgIpc) is 2.44. The molecule has 19 heavy (non-hydrogen) atoms. The van der Waals surface area contributed by atoms with Crippen molar-refractivity contribution in [2.45, 2.75) is 26.3 Å². The number of esters is 1. The molecule has 110 valence electrons. The number of carbonyl (C=O) groups excluding carboxylic acids is 1. The Hall–Kier alpha value is -0.910. The zero-order valence-corrected chi connectivity index (χ0v) is 12.3. The van der Waals surface area contributed by atoms with Gasteiger partial charge < -0.3 is 14.8 Å². The van der Waals surface area contributed by atoms with Crippen LogP contribution in [0, 0.1) is 0 Å². The lowest BCUT2D eigenvalue weighted by Gasteiger charge is -2.29. The Bertz CT molecular complexity index is 299. The van der Waals surface area contributed by atoms with Crippen LogP contribution < -0.4 is 5.32 Å². The molecule has 1 aliphatic rings. The second-order valence-electron chi connectivity index (χ2n) is 4.80. The molecule has 0 bridgehead atoms. The molecule has 1 heterocycles. The van der Waals surface area contributed by atoms with E-state index in [4.69, 9.17) is 9.47 Å². The van der Waals surface area contributed by atoms with E-state index < -0.39 is 0 Å². The Morgan fingerprint density at radius 3 is 2.74 bits per heavy atom. The summed E-state index contributed by atoms with van der Waals surface area (Å²) >= 11 is 0. The van der Waals surface area contributed by atoms with Gasteiger partial charge in [-0.2, -0.15) is 0 Å². The van der Waals surface area contributed by atoms with Gasteiger partial charge in [0, 0.05) is 37.8 Å². The standard InChI is InChI=1S/C14H26N2O3/c1-4-13(14(17)18-3)5-6-15-12(2)11-16-7-9-19-10-8-16/h5,12,15H,4,6-11H2,1-3H3. The monoisotopic (exact) mass is 270 g/mol. The second-order valence-corrected chi connectivity index (χ2v) is 4.80. The van der Waals surface area contributed by atoms with E-state index in [1.54, 1.807) is 0 Å². The SMILES string of the molecule is CCC(=CCNC(C)CN1CCOCC1)C(=O)OC. The first-order valence-electron chi connectivity index (χ1n) is 6.98. The number of rotatable bonds is 7. The van der Waals surface area contributed by atoms with Crippen LogP contribution in [0.3, 0.4) is 0 Å². The van der Waals surface area contributed by atoms with E-state index >= 15 is 0 Å². The molecule has 0 aromatic carbocycles. The number of hydrogen-bond acceptors (Lipinski definition) is 5. The highest BCUT2D eigenvalue weighted by molar-refractivity contribution is 5.88. The number of methoxy groups -OCH3 is 1. The normalized spacial score (nSPS) is 19.2. The second kappa shape index (κ2) is 9.07. The maximum absolute atomic E-state index is 11.4. The molecule has 0 aromatic heterocycles. The molecule has 0 amide bonds. The van der Waals surface area contributed by atoms with Gasteiger partial charge in [0.15, 0.2) is 0 Å². The van der Waals surface area contributed by atoms with E-state index in [1.807, 2.05) is 13.0 Å². The molecule has 1 rings (SSSR count). The molecular weight excluding hydrogens is 244 g/mol. The fourth-order valence-electron chi connectivity index (χ4n) is 2.12. The van der Waals surface area contributed by atoms with Gasteiger partial charge in [-0.3, -0.25) is 4.90 Å². The quantitative estimate of drug-likeness (QED) is 0.548. The summed E-state index contributed by atoms with van der Waals surface area (Å²) in [7, 11) is 1.42. The van der Waals surface area contributed by atoms with Gasteiger partial charge in [0.1, 0.15) is 0 Å². The van der Waals surface area contributed by atoms with Crippen molar-refractivity contribution >= 4 is 5.97 Å². The van der Waals surface area contributed by atoms with E-state index in [2.05, 4.69) is 17.1 Å². The number of carbonyl (C=O) groups is 1. The number of morpholine rings is 1. The van der Waals surface area contributed by atoms with E-state index in [0.29, 0.717) is 19.0 Å². The van der Waals surface area contributed by atoms with Crippen LogP contribution in [0.4, 0.5) is 0 Å². The summed E-state index contributed by atoms with van der Waals surface area (Å²) in [5.41, 5.74) is 0.730. The van der Waals surface area contributed by atoms with E-state index in [9.17, 15) is 4.79 Å². The van der Waals surface area contributed by atoms with Gasteiger partial charge >= 0.3 is 5.97 Å². The third-order valence-corrected chi connectivity index (χ3v) is 3.28. The molecule has 1 fully saturated rings. The van der Waals surface area contributed by atoms with Crippen molar-refractivity contribution in [2.75, 3.05) is 46.5 Å². The molecule has 5 nitrogen and oxygen atoms in total. The summed E-state index contributed by atoms with van der Waals surface area (Å²) in [5.74, 6) is -0.231. The van der Waals surface area contributed by atoms with Crippen LogP contribution in [-0.2, 0) is 14.3 Å². The summed E-state index contributed by atoms with van der Waals surface area (Å²) in [4.78, 5) is 13.8. The van der Waals surface area contributed by atoms with Crippen molar-refractivity contribution in [3.05, 3.63) is 11.6 Å². The highest BCUT2D eigenvalue weighted by Gasteiger charge is 2.13. The van der Waals surface area contributed by atoms with Gasteiger partial charge in [-0.05, 0) is 13.3 Å². The van der Waals surface area contributed by atoms with Gasteiger partial charge in [0.25, 0.3) is 0 Å². The summed E-state index contributed by atoms with van der Waals surface area (Å²) < 4.78 is 10.0. The average molecular weight is 270 g/mol. The predicted octanol–water partition coefficient (Wildman–Crippen LogP) is 0.806. The number of hydrogen-bond donors (Lipinski definition) is 1. The molecule has 1 aliphatic heterocycles. The van der Waals surface area contributed by atoms with Gasteiger partial charge in [-0.15, -0.1) is 0 Å². The molecule has 0 radical (unpaired) electrons. The zero-order valence-electron chi connectivity index (χ0n) is 12.3. The van der Waals surface area contributed by atoms with Crippen LogP contribution >= 0.6 is 0 Å². The van der Waals surface area contributed by atoms with Crippen LogP contribution in [0.1, 0.15) is 20.3 Å². The minimum Gasteiger partial charge on any atom is -0.466 e. The van der Waals surface area contributed by atoms with Gasteiger partial charge in [-0.25, -0.2) is 4.79 Å². The molecule has 1 saturated heterocycles. The fourth-order valence-corrected chi connectivity index (χ4v) is 2.12.